The van der Waals surface area contributed by atoms with Gasteiger partial charge in [0.2, 0.25) is 5.91 Å². The van der Waals surface area contributed by atoms with Gasteiger partial charge in [-0.1, -0.05) is 43.9 Å². The van der Waals surface area contributed by atoms with Crippen molar-refractivity contribution in [2.75, 3.05) is 20.3 Å². The van der Waals surface area contributed by atoms with Crippen LogP contribution in [0.1, 0.15) is 23.2 Å². The monoisotopic (exact) mass is 511 g/mol. The number of amides is 2. The number of nitriles is 1. The molecule has 3 rings (SSSR count). The van der Waals surface area contributed by atoms with Crippen LogP contribution in [0.5, 0.6) is 5.75 Å². The topological polar surface area (TPSA) is 100 Å². The van der Waals surface area contributed by atoms with Crippen LogP contribution in [0.15, 0.2) is 48.5 Å². The van der Waals surface area contributed by atoms with Crippen LogP contribution in [-0.2, 0) is 9.53 Å². The lowest BCUT2D eigenvalue weighted by Crippen LogP contribution is -2.57. The first-order valence-corrected chi connectivity index (χ1v) is 16.2. The number of nitrogens with one attached hydrogen (secondary N) is 2. The number of hydrogen-bond donors (Lipinski definition) is 2. The fraction of sp³-hybridized carbons (Fsp3) is 0.423. The second-order valence-corrected chi connectivity index (χ2v) is 16.6. The maximum absolute atomic E-state index is 13.4. The summed E-state index contributed by atoms with van der Waals surface area (Å²) in [5, 5.41) is 17.5. The highest BCUT2D eigenvalue weighted by Gasteiger charge is 2.38. The third kappa shape index (κ3) is 7.59. The van der Waals surface area contributed by atoms with Crippen LogP contribution in [0.25, 0.3) is 11.1 Å². The van der Waals surface area contributed by atoms with Gasteiger partial charge in [0.15, 0.2) is 0 Å². The lowest BCUT2D eigenvalue weighted by molar-refractivity contribution is -0.124. The van der Waals surface area contributed by atoms with E-state index >= 15 is 0 Å². The molecule has 0 unspecified atom stereocenters. The lowest BCUT2D eigenvalue weighted by atomic mass is 10.0. The Morgan fingerprint density at radius 3 is 2.43 bits per heavy atom. The van der Waals surface area contributed by atoms with Crippen LogP contribution in [0.3, 0.4) is 0 Å². The SMILES string of the molecule is COc1cccc(-c2cccc(C(=O)N[C@@H](C[Si](C)(C)C)C(=O)NC3(SC#N)CCOCC3)c2)c1. The van der Waals surface area contributed by atoms with E-state index in [1.165, 1.54) is 0 Å². The average molecular weight is 512 g/mol. The van der Waals surface area contributed by atoms with E-state index in [0.717, 1.165) is 28.6 Å². The molecule has 9 heteroatoms. The van der Waals surface area contributed by atoms with Crippen molar-refractivity contribution in [3.8, 4) is 22.3 Å². The van der Waals surface area contributed by atoms with Crippen LogP contribution < -0.4 is 15.4 Å². The number of carbonyl (C=O) groups is 2. The van der Waals surface area contributed by atoms with Gasteiger partial charge in [-0.05, 0) is 53.2 Å². The van der Waals surface area contributed by atoms with Crippen LogP contribution >= 0.6 is 11.8 Å². The first-order valence-electron chi connectivity index (χ1n) is 11.7. The summed E-state index contributed by atoms with van der Waals surface area (Å²) in [6.07, 6.45) is 1.10. The predicted molar refractivity (Wildman–Crippen MR) is 142 cm³/mol. The molecule has 0 radical (unpaired) electrons. The molecule has 0 spiro atoms. The van der Waals surface area contributed by atoms with Crippen molar-refractivity contribution < 1.29 is 19.1 Å². The molecule has 2 amide bonds. The molecule has 2 N–H and O–H groups in total. The van der Waals surface area contributed by atoms with Gasteiger partial charge in [0.05, 0.1) is 7.11 Å². The van der Waals surface area contributed by atoms with Crippen molar-refractivity contribution in [3.63, 3.8) is 0 Å². The van der Waals surface area contributed by atoms with Crippen molar-refractivity contribution in [2.24, 2.45) is 0 Å². The van der Waals surface area contributed by atoms with Gasteiger partial charge in [-0.3, -0.25) is 9.59 Å². The van der Waals surface area contributed by atoms with Crippen molar-refractivity contribution in [1.82, 2.24) is 10.6 Å². The van der Waals surface area contributed by atoms with Crippen molar-refractivity contribution in [2.45, 2.75) is 49.4 Å². The molecule has 0 aromatic heterocycles. The van der Waals surface area contributed by atoms with E-state index in [4.69, 9.17) is 9.47 Å². The Morgan fingerprint density at radius 2 is 1.80 bits per heavy atom. The maximum Gasteiger partial charge on any atom is 0.251 e. The molecule has 2 aromatic rings. The number of thioether (sulfide) groups is 1. The number of thiocyanates is 1. The molecule has 1 saturated heterocycles. The van der Waals surface area contributed by atoms with E-state index in [-0.39, 0.29) is 11.8 Å². The fourth-order valence-corrected chi connectivity index (χ4v) is 6.27. The normalized spacial score (nSPS) is 16.0. The summed E-state index contributed by atoms with van der Waals surface area (Å²) in [6, 6.07) is 14.9. The molecule has 1 fully saturated rings. The first-order chi connectivity index (χ1) is 16.6. The number of hydrogen-bond acceptors (Lipinski definition) is 6. The van der Waals surface area contributed by atoms with E-state index in [2.05, 4.69) is 35.7 Å². The molecule has 7 nitrogen and oxygen atoms in total. The van der Waals surface area contributed by atoms with Crippen LogP contribution in [0, 0.1) is 10.7 Å². The van der Waals surface area contributed by atoms with E-state index in [1.54, 1.807) is 13.2 Å². The largest absolute Gasteiger partial charge is 0.497 e. The highest BCUT2D eigenvalue weighted by atomic mass is 32.2. The minimum Gasteiger partial charge on any atom is -0.497 e. The summed E-state index contributed by atoms with van der Waals surface area (Å²) >= 11 is 1.06. The van der Waals surface area contributed by atoms with Crippen LogP contribution in [-0.4, -0.2) is 51.1 Å². The number of benzene rings is 2. The molecule has 186 valence electrons. The molecule has 1 aliphatic heterocycles. The smallest absolute Gasteiger partial charge is 0.251 e. The van der Waals surface area contributed by atoms with Gasteiger partial charge >= 0.3 is 0 Å². The Kier molecular flexibility index (Phi) is 9.00. The standard InChI is InChI=1S/C26H33N3O4SSi/c1-32-22-10-6-8-20(16-22)19-7-5-9-21(15-19)24(30)28-23(17-35(2,3)4)25(31)29-26(34-18-27)11-13-33-14-12-26/h5-10,15-16,23H,11-14,17H2,1-4H3,(H,28,30)(H,29,31)/t23-/m0/s1. The van der Waals surface area contributed by atoms with Crippen LogP contribution in [0.2, 0.25) is 25.7 Å². The molecular weight excluding hydrogens is 478 g/mol. The maximum atomic E-state index is 13.4. The van der Waals surface area contributed by atoms with Crippen LogP contribution in [0.4, 0.5) is 0 Å². The second-order valence-electron chi connectivity index (χ2n) is 9.89. The summed E-state index contributed by atoms with van der Waals surface area (Å²) < 4.78 is 10.8. The van der Waals surface area contributed by atoms with Gasteiger partial charge in [0.1, 0.15) is 22.1 Å². The highest BCUT2D eigenvalue weighted by Crippen LogP contribution is 2.32. The summed E-state index contributed by atoms with van der Waals surface area (Å²) in [5.74, 6) is 0.179. The Hall–Kier alpha value is -2.80. The lowest BCUT2D eigenvalue weighted by Gasteiger charge is -2.36. The molecule has 1 atom stereocenters. The van der Waals surface area contributed by atoms with Gasteiger partial charge in [0, 0.05) is 39.7 Å². The minimum absolute atomic E-state index is 0.255. The summed E-state index contributed by atoms with van der Waals surface area (Å²) in [4.78, 5) is 26.0. The molecule has 2 aromatic carbocycles. The zero-order chi connectivity index (χ0) is 25.5. The first kappa shape index (κ1) is 26.8. The van der Waals surface area contributed by atoms with Crippen molar-refractivity contribution in [1.29, 1.82) is 5.26 Å². The van der Waals surface area contributed by atoms with Gasteiger partial charge in [0.25, 0.3) is 5.91 Å². The molecule has 35 heavy (non-hydrogen) atoms. The van der Waals surface area contributed by atoms with Gasteiger partial charge in [-0.15, -0.1) is 0 Å². The second kappa shape index (κ2) is 11.8. The number of methoxy groups -OCH3 is 1. The van der Waals surface area contributed by atoms with E-state index in [1.807, 2.05) is 42.5 Å². The van der Waals surface area contributed by atoms with E-state index in [9.17, 15) is 14.9 Å². The predicted octanol–water partition coefficient (Wildman–Crippen LogP) is 4.64. The number of rotatable bonds is 9. The number of ether oxygens (including phenoxy) is 2. The Bertz CT molecular complexity index is 1090. The third-order valence-corrected chi connectivity index (χ3v) is 8.48. The molecule has 0 saturated carbocycles. The molecular formula is C26H33N3O4SSi. The number of nitrogens with zero attached hydrogens (tertiary/aromatic N) is 1. The Balaban J connectivity index is 1.81. The quantitative estimate of drug-likeness (QED) is 0.289. The fourth-order valence-electron chi connectivity index (χ4n) is 4.06. The minimum atomic E-state index is -1.72. The average Bonchev–Trinajstić information content (AvgIpc) is 2.83. The molecule has 1 aliphatic rings. The third-order valence-electron chi connectivity index (χ3n) is 5.86. The van der Waals surface area contributed by atoms with Crippen molar-refractivity contribution >= 4 is 31.7 Å². The summed E-state index contributed by atoms with van der Waals surface area (Å²) in [6.45, 7) is 7.46. The zero-order valence-electron chi connectivity index (χ0n) is 20.7. The Morgan fingerprint density at radius 1 is 1.14 bits per heavy atom. The van der Waals surface area contributed by atoms with E-state index in [0.29, 0.717) is 37.7 Å². The summed E-state index contributed by atoms with van der Waals surface area (Å²) in [7, 11) is -0.102. The molecule has 0 aliphatic carbocycles. The molecule has 0 bridgehead atoms. The highest BCUT2D eigenvalue weighted by molar-refractivity contribution is 8.05. The van der Waals surface area contributed by atoms with Crippen molar-refractivity contribution in [3.05, 3.63) is 54.1 Å². The summed E-state index contributed by atoms with van der Waals surface area (Å²) in [5.41, 5.74) is 2.30. The van der Waals surface area contributed by atoms with Gasteiger partial charge in [-0.2, -0.15) is 5.26 Å². The molecule has 1 heterocycles. The van der Waals surface area contributed by atoms with Gasteiger partial charge < -0.3 is 20.1 Å². The van der Waals surface area contributed by atoms with Gasteiger partial charge in [-0.25, -0.2) is 0 Å². The number of carbonyl (C=O) groups excluding carboxylic acids is 2. The van der Waals surface area contributed by atoms with E-state index < -0.39 is 19.0 Å². The zero-order valence-corrected chi connectivity index (χ0v) is 22.5. The Labute approximate surface area is 212 Å².